The highest BCUT2D eigenvalue weighted by Crippen LogP contribution is 2.28. The first kappa shape index (κ1) is 14.3. The summed E-state index contributed by atoms with van der Waals surface area (Å²) in [6.07, 6.45) is 5.31. The highest BCUT2D eigenvalue weighted by Gasteiger charge is 2.27. The molecule has 1 unspecified atom stereocenters. The number of fused-ring (bicyclic) bond motifs is 1. The Morgan fingerprint density at radius 2 is 2.14 bits per heavy atom. The molecule has 0 radical (unpaired) electrons. The number of hydrogen-bond acceptors (Lipinski definition) is 3. The van der Waals surface area contributed by atoms with E-state index in [0.29, 0.717) is 24.9 Å². The van der Waals surface area contributed by atoms with E-state index in [4.69, 9.17) is 4.74 Å². The van der Waals surface area contributed by atoms with Crippen LogP contribution in [0.3, 0.4) is 0 Å². The molecule has 1 aromatic rings. The van der Waals surface area contributed by atoms with Crippen LogP contribution in [0.25, 0.3) is 0 Å². The van der Waals surface area contributed by atoms with Gasteiger partial charge < -0.3 is 9.64 Å². The minimum Gasteiger partial charge on any atom is -0.378 e. The van der Waals surface area contributed by atoms with Crippen LogP contribution in [0.15, 0.2) is 24.3 Å². The Kier molecular flexibility index (Phi) is 4.34. The van der Waals surface area contributed by atoms with Crippen molar-refractivity contribution in [2.45, 2.75) is 44.6 Å². The van der Waals surface area contributed by atoms with E-state index in [2.05, 4.69) is 0 Å². The number of ether oxygens (including phenoxy) is 1. The Hall–Kier alpha value is -1.68. The van der Waals surface area contributed by atoms with Gasteiger partial charge in [-0.05, 0) is 37.8 Å². The van der Waals surface area contributed by atoms with Crippen LogP contribution in [0.2, 0.25) is 0 Å². The van der Waals surface area contributed by atoms with E-state index in [1.165, 1.54) is 6.42 Å². The molecule has 2 aliphatic heterocycles. The van der Waals surface area contributed by atoms with Crippen LogP contribution in [-0.2, 0) is 9.53 Å². The summed E-state index contributed by atoms with van der Waals surface area (Å²) >= 11 is 0. The van der Waals surface area contributed by atoms with Crippen molar-refractivity contribution in [2.75, 3.05) is 18.1 Å². The first-order valence-corrected chi connectivity index (χ1v) is 7.80. The molecule has 1 amide bonds. The quantitative estimate of drug-likeness (QED) is 0.858. The molecule has 0 aromatic heterocycles. The Morgan fingerprint density at radius 3 is 2.95 bits per heavy atom. The lowest BCUT2D eigenvalue weighted by atomic mass is 9.99. The van der Waals surface area contributed by atoms with Crippen molar-refractivity contribution in [2.24, 2.45) is 0 Å². The van der Waals surface area contributed by atoms with Gasteiger partial charge in [0.05, 0.1) is 11.8 Å². The third-order valence-corrected chi connectivity index (χ3v) is 4.31. The van der Waals surface area contributed by atoms with Crippen molar-refractivity contribution in [3.8, 4) is 0 Å². The molecule has 2 heterocycles. The van der Waals surface area contributed by atoms with Crippen LogP contribution in [-0.4, -0.2) is 30.9 Å². The minimum absolute atomic E-state index is 0.101. The topological polar surface area (TPSA) is 46.6 Å². The van der Waals surface area contributed by atoms with Crippen molar-refractivity contribution in [1.29, 1.82) is 0 Å². The maximum absolute atomic E-state index is 12.5. The van der Waals surface area contributed by atoms with E-state index in [-0.39, 0.29) is 17.8 Å². The number of hydrogen-bond donors (Lipinski definition) is 0. The van der Waals surface area contributed by atoms with Crippen molar-refractivity contribution in [3.63, 3.8) is 0 Å². The number of nitrogens with zero attached hydrogens (tertiary/aromatic N) is 1. The monoisotopic (exact) mass is 287 g/mol. The van der Waals surface area contributed by atoms with Crippen molar-refractivity contribution < 1.29 is 14.3 Å². The third-order valence-electron chi connectivity index (χ3n) is 4.31. The van der Waals surface area contributed by atoms with Crippen LogP contribution in [0.1, 0.15) is 48.9 Å². The molecule has 0 N–H and O–H groups in total. The molecule has 1 atom stereocenters. The zero-order valence-corrected chi connectivity index (χ0v) is 12.2. The molecule has 4 heteroatoms. The van der Waals surface area contributed by atoms with Gasteiger partial charge in [0.25, 0.3) is 0 Å². The van der Waals surface area contributed by atoms with Crippen LogP contribution < -0.4 is 4.90 Å². The van der Waals surface area contributed by atoms with E-state index in [1.54, 1.807) is 11.0 Å². The largest absolute Gasteiger partial charge is 0.378 e. The Labute approximate surface area is 125 Å². The molecule has 0 spiro atoms. The molecule has 3 rings (SSSR count). The normalized spacial score (nSPS) is 22.0. The molecule has 2 aliphatic rings. The summed E-state index contributed by atoms with van der Waals surface area (Å²) in [5.74, 6) is 0.231. The standard InChI is InChI=1S/C17H21NO3/c19-16-10-11-18(15-7-2-1-6-14(15)16)17(20)9-8-13-5-3-4-12-21-13/h1-2,6-7,13H,3-5,8-12H2. The lowest BCUT2D eigenvalue weighted by Crippen LogP contribution is -2.37. The number of anilines is 1. The molecule has 21 heavy (non-hydrogen) atoms. The number of rotatable bonds is 3. The fourth-order valence-corrected chi connectivity index (χ4v) is 3.13. The second-order valence-electron chi connectivity index (χ2n) is 5.76. The van der Waals surface area contributed by atoms with Gasteiger partial charge in [0.2, 0.25) is 5.91 Å². The van der Waals surface area contributed by atoms with Crippen LogP contribution in [0.5, 0.6) is 0 Å². The summed E-state index contributed by atoms with van der Waals surface area (Å²) in [5.41, 5.74) is 1.44. The molecule has 0 aliphatic carbocycles. The van der Waals surface area contributed by atoms with Gasteiger partial charge >= 0.3 is 0 Å². The van der Waals surface area contributed by atoms with E-state index in [0.717, 1.165) is 31.6 Å². The van der Waals surface area contributed by atoms with Crippen LogP contribution in [0.4, 0.5) is 5.69 Å². The molecular formula is C17H21NO3. The SMILES string of the molecule is O=C1CCN(C(=O)CCC2CCCCO2)c2ccccc21. The third kappa shape index (κ3) is 3.16. The molecule has 0 saturated carbocycles. The molecule has 0 bridgehead atoms. The van der Waals surface area contributed by atoms with Gasteiger partial charge in [-0.3, -0.25) is 9.59 Å². The summed E-state index contributed by atoms with van der Waals surface area (Å²) in [6, 6.07) is 7.39. The Bertz CT molecular complexity index is 535. The first-order valence-electron chi connectivity index (χ1n) is 7.80. The summed E-state index contributed by atoms with van der Waals surface area (Å²) in [5, 5.41) is 0. The molecule has 1 saturated heterocycles. The maximum Gasteiger partial charge on any atom is 0.227 e. The van der Waals surface area contributed by atoms with Gasteiger partial charge in [0, 0.05) is 31.6 Å². The Balaban J connectivity index is 1.65. The first-order chi connectivity index (χ1) is 10.3. The fourth-order valence-electron chi connectivity index (χ4n) is 3.13. The van der Waals surface area contributed by atoms with Gasteiger partial charge in [-0.25, -0.2) is 0 Å². The number of amides is 1. The smallest absolute Gasteiger partial charge is 0.227 e. The van der Waals surface area contributed by atoms with Gasteiger partial charge in [-0.1, -0.05) is 12.1 Å². The van der Waals surface area contributed by atoms with Crippen LogP contribution in [0, 0.1) is 0 Å². The number of Topliss-reactive ketones (excluding diaryl/α,β-unsaturated/α-hetero) is 1. The van der Waals surface area contributed by atoms with Gasteiger partial charge in [0.1, 0.15) is 0 Å². The molecule has 4 nitrogen and oxygen atoms in total. The molecular weight excluding hydrogens is 266 g/mol. The minimum atomic E-state index is 0.101. The maximum atomic E-state index is 12.5. The van der Waals surface area contributed by atoms with Gasteiger partial charge in [0.15, 0.2) is 5.78 Å². The van der Waals surface area contributed by atoms with E-state index >= 15 is 0 Å². The molecule has 1 aromatic carbocycles. The second-order valence-corrected chi connectivity index (χ2v) is 5.76. The number of ketones is 1. The zero-order valence-electron chi connectivity index (χ0n) is 12.2. The predicted molar refractivity (Wildman–Crippen MR) is 80.6 cm³/mol. The second kappa shape index (κ2) is 6.39. The Morgan fingerprint density at radius 1 is 1.29 bits per heavy atom. The fraction of sp³-hybridized carbons (Fsp3) is 0.529. The van der Waals surface area contributed by atoms with Crippen LogP contribution >= 0.6 is 0 Å². The van der Waals surface area contributed by atoms with Gasteiger partial charge in [-0.2, -0.15) is 0 Å². The average molecular weight is 287 g/mol. The highest BCUT2D eigenvalue weighted by atomic mass is 16.5. The number of carbonyl (C=O) groups is 2. The zero-order chi connectivity index (χ0) is 14.7. The van der Waals surface area contributed by atoms with Crippen molar-refractivity contribution >= 4 is 17.4 Å². The average Bonchev–Trinajstić information content (AvgIpc) is 2.54. The van der Waals surface area contributed by atoms with E-state index in [1.807, 2.05) is 18.2 Å². The number of para-hydroxylation sites is 1. The summed E-state index contributed by atoms with van der Waals surface area (Å²) in [4.78, 5) is 26.1. The lowest BCUT2D eigenvalue weighted by Gasteiger charge is -2.29. The predicted octanol–water partition coefficient (Wildman–Crippen LogP) is 2.96. The molecule has 1 fully saturated rings. The van der Waals surface area contributed by atoms with Crippen molar-refractivity contribution in [1.82, 2.24) is 0 Å². The summed E-state index contributed by atoms with van der Waals surface area (Å²) in [7, 11) is 0. The summed E-state index contributed by atoms with van der Waals surface area (Å²) < 4.78 is 5.68. The molecule has 112 valence electrons. The van der Waals surface area contributed by atoms with Crippen molar-refractivity contribution in [3.05, 3.63) is 29.8 Å². The lowest BCUT2D eigenvalue weighted by molar-refractivity contribution is -0.119. The van der Waals surface area contributed by atoms with Gasteiger partial charge in [-0.15, -0.1) is 0 Å². The van der Waals surface area contributed by atoms with E-state index < -0.39 is 0 Å². The van der Waals surface area contributed by atoms with E-state index in [9.17, 15) is 9.59 Å². The summed E-state index contributed by atoms with van der Waals surface area (Å²) in [6.45, 7) is 1.32. The number of benzene rings is 1. The number of carbonyl (C=O) groups excluding carboxylic acids is 2. The highest BCUT2D eigenvalue weighted by molar-refractivity contribution is 6.08.